The average Bonchev–Trinajstić information content (AvgIpc) is 3.12. The van der Waals surface area contributed by atoms with Crippen LogP contribution in [0.3, 0.4) is 0 Å². The molecule has 0 saturated heterocycles. The summed E-state index contributed by atoms with van der Waals surface area (Å²) in [5, 5.41) is 4.96. The van der Waals surface area contributed by atoms with Gasteiger partial charge in [0.15, 0.2) is 0 Å². The number of benzene rings is 8. The summed E-state index contributed by atoms with van der Waals surface area (Å²) in [7, 11) is 0. The summed E-state index contributed by atoms with van der Waals surface area (Å²) in [6.07, 6.45) is 0. The predicted octanol–water partition coefficient (Wildman–Crippen LogP) is 12.5. The van der Waals surface area contributed by atoms with Crippen molar-refractivity contribution in [3.8, 4) is 33.4 Å². The zero-order valence-electron chi connectivity index (χ0n) is 24.8. The van der Waals surface area contributed by atoms with E-state index < -0.39 is 0 Å². The van der Waals surface area contributed by atoms with Crippen molar-refractivity contribution in [1.82, 2.24) is 0 Å². The molecule has 0 fully saturated rings. The monoisotopic (exact) mass is 573 g/mol. The molecule has 212 valence electrons. The predicted molar refractivity (Wildman–Crippen MR) is 192 cm³/mol. The molecule has 0 spiro atoms. The second-order valence-electron chi connectivity index (χ2n) is 11.5. The van der Waals surface area contributed by atoms with Gasteiger partial charge in [-0.25, -0.2) is 0 Å². The highest BCUT2D eigenvalue weighted by Crippen LogP contribution is 2.38. The average molecular weight is 574 g/mol. The van der Waals surface area contributed by atoms with Gasteiger partial charge in [0.25, 0.3) is 0 Å². The molecule has 1 heteroatoms. The van der Waals surface area contributed by atoms with Crippen molar-refractivity contribution >= 4 is 38.6 Å². The van der Waals surface area contributed by atoms with Crippen LogP contribution in [0.1, 0.15) is 0 Å². The van der Waals surface area contributed by atoms with Crippen LogP contribution >= 0.6 is 0 Å². The van der Waals surface area contributed by atoms with Crippen LogP contribution in [0.2, 0.25) is 0 Å². The third-order valence-electron chi connectivity index (χ3n) is 8.63. The number of rotatable bonds is 6. The Labute approximate surface area is 264 Å². The lowest BCUT2D eigenvalue weighted by molar-refractivity contribution is 1.29. The zero-order chi connectivity index (χ0) is 30.0. The number of hydrogen-bond donors (Lipinski definition) is 0. The van der Waals surface area contributed by atoms with Crippen molar-refractivity contribution in [3.63, 3.8) is 0 Å². The van der Waals surface area contributed by atoms with Crippen LogP contribution in [0, 0.1) is 0 Å². The molecule has 0 radical (unpaired) electrons. The summed E-state index contributed by atoms with van der Waals surface area (Å²) in [4.78, 5) is 2.35. The van der Waals surface area contributed by atoms with Crippen molar-refractivity contribution in [2.24, 2.45) is 0 Å². The molecule has 0 atom stereocenters. The van der Waals surface area contributed by atoms with Crippen molar-refractivity contribution in [3.05, 3.63) is 188 Å². The normalized spacial score (nSPS) is 11.1. The van der Waals surface area contributed by atoms with Crippen LogP contribution in [0.4, 0.5) is 17.1 Å². The van der Waals surface area contributed by atoms with E-state index in [1.807, 2.05) is 0 Å². The molecule has 8 aromatic carbocycles. The molecule has 0 aliphatic heterocycles. The molecule has 45 heavy (non-hydrogen) atoms. The summed E-state index contributed by atoms with van der Waals surface area (Å²) in [6.45, 7) is 0. The topological polar surface area (TPSA) is 3.24 Å². The van der Waals surface area contributed by atoms with Gasteiger partial charge in [0.2, 0.25) is 0 Å². The maximum absolute atomic E-state index is 2.35. The van der Waals surface area contributed by atoms with Crippen LogP contribution in [-0.2, 0) is 0 Å². The van der Waals surface area contributed by atoms with Crippen LogP contribution < -0.4 is 4.90 Å². The molecular formula is C44H31N. The highest BCUT2D eigenvalue weighted by molar-refractivity contribution is 5.94. The fourth-order valence-electron chi connectivity index (χ4n) is 6.23. The van der Waals surface area contributed by atoms with Crippen LogP contribution in [0.15, 0.2) is 188 Å². The Balaban J connectivity index is 1.18. The first-order valence-electron chi connectivity index (χ1n) is 15.4. The fourth-order valence-corrected chi connectivity index (χ4v) is 6.23. The van der Waals surface area contributed by atoms with Gasteiger partial charge in [-0.1, -0.05) is 140 Å². The molecule has 0 amide bonds. The zero-order valence-corrected chi connectivity index (χ0v) is 24.8. The van der Waals surface area contributed by atoms with Gasteiger partial charge >= 0.3 is 0 Å². The Hall–Kier alpha value is -5.92. The van der Waals surface area contributed by atoms with Crippen LogP contribution in [-0.4, -0.2) is 0 Å². The molecular weight excluding hydrogens is 542 g/mol. The van der Waals surface area contributed by atoms with Crippen molar-refractivity contribution in [2.75, 3.05) is 4.90 Å². The largest absolute Gasteiger partial charge is 0.310 e. The van der Waals surface area contributed by atoms with E-state index in [4.69, 9.17) is 0 Å². The number of anilines is 3. The van der Waals surface area contributed by atoms with E-state index in [1.165, 1.54) is 54.9 Å². The molecule has 0 N–H and O–H groups in total. The summed E-state index contributed by atoms with van der Waals surface area (Å²) in [6, 6.07) is 67.7. The highest BCUT2D eigenvalue weighted by Gasteiger charge is 2.14. The van der Waals surface area contributed by atoms with E-state index in [1.54, 1.807) is 0 Å². The lowest BCUT2D eigenvalue weighted by Gasteiger charge is -2.26. The van der Waals surface area contributed by atoms with Gasteiger partial charge in [-0.3, -0.25) is 0 Å². The molecule has 0 heterocycles. The van der Waals surface area contributed by atoms with Gasteiger partial charge < -0.3 is 4.90 Å². The molecule has 0 aliphatic rings. The smallest absolute Gasteiger partial charge is 0.0468 e. The molecule has 0 saturated carbocycles. The van der Waals surface area contributed by atoms with E-state index in [0.29, 0.717) is 0 Å². The van der Waals surface area contributed by atoms with E-state index in [-0.39, 0.29) is 0 Å². The van der Waals surface area contributed by atoms with E-state index in [9.17, 15) is 0 Å². The number of nitrogens with zero attached hydrogens (tertiary/aromatic N) is 1. The van der Waals surface area contributed by atoms with Crippen molar-refractivity contribution in [2.45, 2.75) is 0 Å². The highest BCUT2D eigenvalue weighted by atomic mass is 15.1. The maximum Gasteiger partial charge on any atom is 0.0468 e. The Morgan fingerprint density at radius 2 is 0.578 bits per heavy atom. The molecule has 8 aromatic rings. The molecule has 0 unspecified atom stereocenters. The third kappa shape index (κ3) is 5.37. The minimum absolute atomic E-state index is 1.12. The molecule has 8 rings (SSSR count). The Morgan fingerprint density at radius 1 is 0.222 bits per heavy atom. The summed E-state index contributed by atoms with van der Waals surface area (Å²) < 4.78 is 0. The lowest BCUT2D eigenvalue weighted by Crippen LogP contribution is -2.09. The van der Waals surface area contributed by atoms with Gasteiger partial charge in [0.05, 0.1) is 0 Å². The van der Waals surface area contributed by atoms with Crippen LogP contribution in [0.5, 0.6) is 0 Å². The summed E-state index contributed by atoms with van der Waals surface area (Å²) in [5.41, 5.74) is 10.7. The van der Waals surface area contributed by atoms with Gasteiger partial charge in [0, 0.05) is 17.1 Å². The minimum Gasteiger partial charge on any atom is -0.310 e. The summed E-state index contributed by atoms with van der Waals surface area (Å²) in [5.74, 6) is 0. The number of hydrogen-bond acceptors (Lipinski definition) is 1. The quantitative estimate of drug-likeness (QED) is 0.191. The van der Waals surface area contributed by atoms with Gasteiger partial charge in [-0.2, -0.15) is 0 Å². The Morgan fingerprint density at radius 3 is 1.13 bits per heavy atom. The Bertz CT molecular complexity index is 2150. The Kier molecular flexibility index (Phi) is 6.90. The van der Waals surface area contributed by atoms with Crippen molar-refractivity contribution in [1.29, 1.82) is 0 Å². The molecule has 0 aliphatic carbocycles. The van der Waals surface area contributed by atoms with Gasteiger partial charge in [-0.15, -0.1) is 0 Å². The van der Waals surface area contributed by atoms with Gasteiger partial charge in [0.1, 0.15) is 0 Å². The molecule has 0 bridgehead atoms. The summed E-state index contributed by atoms with van der Waals surface area (Å²) >= 11 is 0. The van der Waals surface area contributed by atoms with E-state index in [2.05, 4.69) is 193 Å². The number of fused-ring (bicyclic) bond motifs is 2. The maximum atomic E-state index is 2.35. The minimum atomic E-state index is 1.12. The first-order chi connectivity index (χ1) is 22.3. The first kappa shape index (κ1) is 26.7. The molecule has 0 aromatic heterocycles. The van der Waals surface area contributed by atoms with E-state index in [0.717, 1.165) is 17.1 Å². The second kappa shape index (κ2) is 11.6. The van der Waals surface area contributed by atoms with E-state index >= 15 is 0 Å². The lowest BCUT2D eigenvalue weighted by atomic mass is 9.98. The second-order valence-corrected chi connectivity index (χ2v) is 11.5. The standard InChI is InChI=1S/C44H31N/c1-3-9-32(10-4-1)35-19-24-42(25-20-35)45(43-26-21-36(22-27-43)33-11-5-2-6-12-33)44-28-23-40-30-39(17-18-41(40)31-44)38-16-15-34-13-7-8-14-37(34)29-38/h1-31H. The molecule has 1 nitrogen and oxygen atoms in total. The first-order valence-corrected chi connectivity index (χ1v) is 15.4. The van der Waals surface area contributed by atoms with Crippen molar-refractivity contribution < 1.29 is 0 Å². The van der Waals surface area contributed by atoms with Gasteiger partial charge in [-0.05, 0) is 103 Å². The third-order valence-corrected chi connectivity index (χ3v) is 8.63. The fraction of sp³-hybridized carbons (Fsp3) is 0. The van der Waals surface area contributed by atoms with Crippen LogP contribution in [0.25, 0.3) is 54.9 Å². The SMILES string of the molecule is c1ccc(-c2ccc(N(c3ccc(-c4ccccc4)cc3)c3ccc4cc(-c5ccc6ccccc6c5)ccc4c3)cc2)cc1.